The van der Waals surface area contributed by atoms with E-state index in [0.717, 1.165) is 6.07 Å². The first-order valence-electron chi connectivity index (χ1n) is 5.95. The average Bonchev–Trinajstić information content (AvgIpc) is 2.32. The van der Waals surface area contributed by atoms with Crippen LogP contribution in [0.5, 0.6) is 0 Å². The van der Waals surface area contributed by atoms with E-state index in [1.54, 1.807) is 20.8 Å². The van der Waals surface area contributed by atoms with Crippen LogP contribution in [-0.2, 0) is 9.05 Å². The number of amides is 1. The van der Waals surface area contributed by atoms with Gasteiger partial charge in [-0.1, -0.05) is 23.2 Å². The fourth-order valence-corrected chi connectivity index (χ4v) is 4.22. The summed E-state index contributed by atoms with van der Waals surface area (Å²) in [5.41, 5.74) is -0.298. The summed E-state index contributed by atoms with van der Waals surface area (Å²) in [6.07, 6.45) is 0. The van der Waals surface area contributed by atoms with Gasteiger partial charge in [-0.05, 0) is 26.8 Å². The van der Waals surface area contributed by atoms with Gasteiger partial charge in [-0.2, -0.15) is 0 Å². The van der Waals surface area contributed by atoms with E-state index in [4.69, 9.17) is 33.9 Å². The normalized spacial score (nSPS) is 11.8. The van der Waals surface area contributed by atoms with Crippen molar-refractivity contribution < 1.29 is 17.6 Å². The predicted octanol–water partition coefficient (Wildman–Crippen LogP) is 3.93. The zero-order chi connectivity index (χ0) is 16.5. The van der Waals surface area contributed by atoms with Gasteiger partial charge >= 0.3 is 0 Å². The number of hydrogen-bond donors (Lipinski definition) is 0. The third kappa shape index (κ3) is 3.80. The summed E-state index contributed by atoms with van der Waals surface area (Å²) in [7, 11) is 0.808. The Hall–Kier alpha value is -0.560. The van der Waals surface area contributed by atoms with E-state index < -0.39 is 35.7 Å². The van der Waals surface area contributed by atoms with Crippen molar-refractivity contribution in [3.63, 3.8) is 0 Å². The molecule has 1 amide bonds. The van der Waals surface area contributed by atoms with Crippen molar-refractivity contribution in [2.45, 2.75) is 31.7 Å². The zero-order valence-corrected chi connectivity index (χ0v) is 14.5. The van der Waals surface area contributed by atoms with Gasteiger partial charge in [-0.3, -0.25) is 4.79 Å². The van der Waals surface area contributed by atoms with Crippen LogP contribution in [0.15, 0.2) is 11.0 Å². The molecule has 0 N–H and O–H groups in total. The van der Waals surface area contributed by atoms with Crippen LogP contribution in [0, 0.1) is 5.82 Å². The molecule has 0 aromatic heterocycles. The Bertz CT molecular complexity index is 677. The topological polar surface area (TPSA) is 54.5 Å². The highest BCUT2D eigenvalue weighted by Crippen LogP contribution is 2.37. The van der Waals surface area contributed by atoms with Crippen LogP contribution < -0.4 is 0 Å². The monoisotopic (exact) mass is 375 g/mol. The minimum absolute atomic E-state index is 0.173. The van der Waals surface area contributed by atoms with Gasteiger partial charge in [0.1, 0.15) is 10.7 Å². The first kappa shape index (κ1) is 18.5. The fraction of sp³-hybridized carbons (Fsp3) is 0.417. The van der Waals surface area contributed by atoms with Crippen molar-refractivity contribution in [2.75, 3.05) is 6.54 Å². The minimum Gasteiger partial charge on any atom is -0.336 e. The van der Waals surface area contributed by atoms with Gasteiger partial charge < -0.3 is 4.90 Å². The molecule has 0 spiro atoms. The molecule has 0 saturated carbocycles. The Kier molecular flexibility index (Phi) is 5.89. The minimum atomic E-state index is -4.40. The highest BCUT2D eigenvalue weighted by Gasteiger charge is 2.29. The van der Waals surface area contributed by atoms with Gasteiger partial charge in [0, 0.05) is 23.3 Å². The number of nitrogens with zero attached hydrogens (tertiary/aromatic N) is 1. The second-order valence-corrected chi connectivity index (χ2v) is 7.74. The molecule has 1 rings (SSSR count). The van der Waals surface area contributed by atoms with Crippen molar-refractivity contribution >= 4 is 48.8 Å². The first-order chi connectivity index (χ1) is 9.52. The Labute approximate surface area is 137 Å². The Morgan fingerprint density at radius 2 is 1.86 bits per heavy atom. The zero-order valence-electron chi connectivity index (χ0n) is 11.5. The Morgan fingerprint density at radius 3 is 2.24 bits per heavy atom. The van der Waals surface area contributed by atoms with E-state index in [2.05, 4.69) is 0 Å². The SMILES string of the molecule is CCN(C(=O)c1cc(F)c(Cl)c(S(=O)(=O)Cl)c1Cl)C(C)C. The van der Waals surface area contributed by atoms with Crippen LogP contribution in [0.2, 0.25) is 10.0 Å². The van der Waals surface area contributed by atoms with E-state index >= 15 is 0 Å². The van der Waals surface area contributed by atoms with E-state index in [0.29, 0.717) is 6.54 Å². The van der Waals surface area contributed by atoms with Crippen LogP contribution in [0.1, 0.15) is 31.1 Å². The number of rotatable bonds is 4. The number of hydrogen-bond acceptors (Lipinski definition) is 3. The van der Waals surface area contributed by atoms with Crippen molar-refractivity contribution in [3.8, 4) is 0 Å². The van der Waals surface area contributed by atoms with Crippen LogP contribution in [-0.4, -0.2) is 31.8 Å². The third-order valence-corrected chi connectivity index (χ3v) is 5.16. The molecule has 0 fully saturated rings. The molecule has 4 nitrogen and oxygen atoms in total. The van der Waals surface area contributed by atoms with Crippen molar-refractivity contribution in [1.82, 2.24) is 4.90 Å². The molecular weight excluding hydrogens is 364 g/mol. The average molecular weight is 377 g/mol. The molecule has 1 aromatic carbocycles. The lowest BCUT2D eigenvalue weighted by Gasteiger charge is -2.26. The smallest absolute Gasteiger partial charge is 0.264 e. The summed E-state index contributed by atoms with van der Waals surface area (Å²) in [5.74, 6) is -1.68. The molecule has 1 aromatic rings. The van der Waals surface area contributed by atoms with Gasteiger partial charge in [0.25, 0.3) is 15.0 Å². The molecule has 0 aliphatic heterocycles. The number of halogens is 4. The number of carbonyl (C=O) groups is 1. The van der Waals surface area contributed by atoms with Gasteiger partial charge in [0.05, 0.1) is 15.6 Å². The Morgan fingerprint density at radius 1 is 1.33 bits per heavy atom. The molecule has 0 atom stereocenters. The molecular formula is C12H13Cl3FNO3S. The molecule has 0 unspecified atom stereocenters. The van der Waals surface area contributed by atoms with Crippen LogP contribution >= 0.6 is 33.9 Å². The van der Waals surface area contributed by atoms with Crippen LogP contribution in [0.25, 0.3) is 0 Å². The molecule has 0 aliphatic rings. The standard InChI is InChI=1S/C12H13Cl3FNO3S/c1-4-17(6(2)3)12(18)7-5-8(16)10(14)11(9(7)13)21(15,19)20/h5-6H,4H2,1-3H3. The summed E-state index contributed by atoms with van der Waals surface area (Å²) < 4.78 is 36.8. The lowest BCUT2D eigenvalue weighted by molar-refractivity contribution is 0.0716. The molecule has 9 heteroatoms. The van der Waals surface area contributed by atoms with E-state index in [1.807, 2.05) is 0 Å². The predicted molar refractivity (Wildman–Crippen MR) is 81.3 cm³/mol. The maximum Gasteiger partial charge on any atom is 0.264 e. The van der Waals surface area contributed by atoms with Crippen LogP contribution in [0.3, 0.4) is 0 Å². The summed E-state index contributed by atoms with van der Waals surface area (Å²) in [4.78, 5) is 13.0. The van der Waals surface area contributed by atoms with Gasteiger partial charge in [0.15, 0.2) is 0 Å². The maximum absolute atomic E-state index is 13.8. The quantitative estimate of drug-likeness (QED) is 0.591. The highest BCUT2D eigenvalue weighted by atomic mass is 35.7. The van der Waals surface area contributed by atoms with Crippen molar-refractivity contribution in [1.29, 1.82) is 0 Å². The van der Waals surface area contributed by atoms with E-state index in [1.165, 1.54) is 4.90 Å². The summed E-state index contributed by atoms with van der Waals surface area (Å²) in [5, 5.41) is -1.22. The molecule has 0 heterocycles. The van der Waals surface area contributed by atoms with Gasteiger partial charge in [-0.25, -0.2) is 12.8 Å². The second kappa shape index (κ2) is 6.69. The summed E-state index contributed by atoms with van der Waals surface area (Å²) in [6, 6.07) is 0.636. The second-order valence-electron chi connectivity index (χ2n) is 4.49. The Balaban J connectivity index is 3.60. The molecule has 0 aliphatic carbocycles. The molecule has 118 valence electrons. The first-order valence-corrected chi connectivity index (χ1v) is 9.02. The lowest BCUT2D eigenvalue weighted by Crippen LogP contribution is -2.37. The maximum atomic E-state index is 13.8. The third-order valence-electron chi connectivity index (χ3n) is 2.82. The molecule has 0 radical (unpaired) electrons. The van der Waals surface area contributed by atoms with Crippen molar-refractivity contribution in [3.05, 3.63) is 27.5 Å². The molecule has 0 bridgehead atoms. The molecule has 0 saturated heterocycles. The number of benzene rings is 1. The van der Waals surface area contributed by atoms with E-state index in [-0.39, 0.29) is 11.6 Å². The highest BCUT2D eigenvalue weighted by molar-refractivity contribution is 8.14. The molecule has 21 heavy (non-hydrogen) atoms. The van der Waals surface area contributed by atoms with E-state index in [9.17, 15) is 17.6 Å². The summed E-state index contributed by atoms with van der Waals surface area (Å²) >= 11 is 11.5. The lowest BCUT2D eigenvalue weighted by atomic mass is 10.1. The van der Waals surface area contributed by atoms with Gasteiger partial charge in [-0.15, -0.1) is 0 Å². The van der Waals surface area contributed by atoms with Gasteiger partial charge in [0.2, 0.25) is 0 Å². The van der Waals surface area contributed by atoms with Crippen molar-refractivity contribution in [2.24, 2.45) is 0 Å². The van der Waals surface area contributed by atoms with Crippen LogP contribution in [0.4, 0.5) is 4.39 Å². The number of carbonyl (C=O) groups excluding carboxylic acids is 1. The largest absolute Gasteiger partial charge is 0.336 e. The summed E-state index contributed by atoms with van der Waals surface area (Å²) in [6.45, 7) is 5.61. The fourth-order valence-electron chi connectivity index (χ4n) is 1.85.